The molecule has 1 amide bonds. The van der Waals surface area contributed by atoms with E-state index in [0.717, 1.165) is 31.3 Å². The smallest absolute Gasteiger partial charge is 0.248 e. The molecule has 3 N–H and O–H groups in total. The Morgan fingerprint density at radius 2 is 2.03 bits per heavy atom. The molecule has 1 unspecified atom stereocenters. The van der Waals surface area contributed by atoms with E-state index in [-0.39, 0.29) is 5.56 Å². The Kier molecular flexibility index (Phi) is 5.53. The number of likely N-dealkylation sites (tertiary alicyclic amines) is 1. The average molecular weight is 389 g/mol. The van der Waals surface area contributed by atoms with Crippen LogP contribution in [0.5, 0.6) is 0 Å². The fraction of sp³-hybridized carbons (Fsp3) is 0.217. The van der Waals surface area contributed by atoms with E-state index in [4.69, 9.17) is 5.73 Å². The van der Waals surface area contributed by atoms with E-state index in [2.05, 4.69) is 33.4 Å². The summed E-state index contributed by atoms with van der Waals surface area (Å²) in [5, 5.41) is 3.04. The van der Waals surface area contributed by atoms with Gasteiger partial charge in [0.1, 0.15) is 5.82 Å². The number of anilines is 2. The zero-order valence-corrected chi connectivity index (χ0v) is 16.0. The first-order valence-corrected chi connectivity index (χ1v) is 9.69. The van der Waals surface area contributed by atoms with E-state index < -0.39 is 11.7 Å². The summed E-state index contributed by atoms with van der Waals surface area (Å²) >= 11 is 0. The summed E-state index contributed by atoms with van der Waals surface area (Å²) in [5.41, 5.74) is 8.89. The number of amides is 1. The topological polar surface area (TPSA) is 71.2 Å². The zero-order valence-electron chi connectivity index (χ0n) is 16.0. The lowest BCUT2D eigenvalue weighted by Crippen LogP contribution is -2.22. The van der Waals surface area contributed by atoms with Gasteiger partial charge in [-0.2, -0.15) is 0 Å². The van der Waals surface area contributed by atoms with Gasteiger partial charge in [0.25, 0.3) is 0 Å². The molecule has 2 heterocycles. The Balaban J connectivity index is 1.42. The van der Waals surface area contributed by atoms with E-state index in [0.29, 0.717) is 11.7 Å². The van der Waals surface area contributed by atoms with Crippen LogP contribution in [0, 0.1) is 5.82 Å². The summed E-state index contributed by atoms with van der Waals surface area (Å²) in [5.74, 6) is -1.16. The molecule has 1 aromatic heterocycles. The third-order valence-corrected chi connectivity index (χ3v) is 5.31. The lowest BCUT2D eigenvalue weighted by atomic mass is 10.1. The summed E-state index contributed by atoms with van der Waals surface area (Å²) < 4.78 is 14.2. The molecule has 3 aromatic rings. The highest BCUT2D eigenvalue weighted by Crippen LogP contribution is 2.33. The standard InChI is InChI=1S/C23H23FN4O/c24-20-13-17(23(25)29)7-10-21(20)27-19-8-5-16(6-9-19)15-28-12-2-4-22(28)18-3-1-11-26-14-18/h1,3,5-11,13-14,22,27H,2,4,12,15H2,(H2,25,29)/i24-1. The predicted octanol–water partition coefficient (Wildman–Crippen LogP) is 4.40. The first-order valence-electron chi connectivity index (χ1n) is 9.69. The Labute approximate surface area is 169 Å². The van der Waals surface area contributed by atoms with Gasteiger partial charge in [0.2, 0.25) is 5.91 Å². The molecule has 2 aromatic carbocycles. The number of pyridine rings is 1. The first-order chi connectivity index (χ1) is 14.1. The molecule has 5 nitrogen and oxygen atoms in total. The number of nitrogens with one attached hydrogen (secondary N) is 1. The molecule has 0 aliphatic carbocycles. The summed E-state index contributed by atoms with van der Waals surface area (Å²) in [6, 6.07) is 16.7. The lowest BCUT2D eigenvalue weighted by molar-refractivity contribution is 0.1000. The maximum atomic E-state index is 14.2. The van der Waals surface area contributed by atoms with Gasteiger partial charge in [0.05, 0.1) is 5.69 Å². The Hall–Kier alpha value is -3.25. The number of nitrogens with zero attached hydrogens (tertiary/aromatic N) is 2. The lowest BCUT2D eigenvalue weighted by Gasteiger charge is -2.24. The second-order valence-corrected chi connectivity index (χ2v) is 7.30. The van der Waals surface area contributed by atoms with E-state index in [9.17, 15) is 9.18 Å². The van der Waals surface area contributed by atoms with Gasteiger partial charge in [-0.1, -0.05) is 18.2 Å². The monoisotopic (exact) mass is 389 g/mol. The fourth-order valence-electron chi connectivity index (χ4n) is 3.82. The number of hydrogen-bond acceptors (Lipinski definition) is 4. The van der Waals surface area contributed by atoms with Crippen LogP contribution in [0.4, 0.5) is 15.8 Å². The molecule has 1 atom stereocenters. The van der Waals surface area contributed by atoms with Gasteiger partial charge in [-0.3, -0.25) is 14.7 Å². The van der Waals surface area contributed by atoms with Crippen LogP contribution in [0.2, 0.25) is 0 Å². The summed E-state index contributed by atoms with van der Waals surface area (Å²) in [4.78, 5) is 17.9. The molecule has 4 rings (SSSR count). The van der Waals surface area contributed by atoms with Crippen LogP contribution in [0.15, 0.2) is 67.0 Å². The number of aromatic nitrogens is 1. The minimum absolute atomic E-state index is 0.150. The van der Waals surface area contributed by atoms with E-state index in [1.54, 1.807) is 6.20 Å². The maximum absolute atomic E-state index is 14.2. The Bertz CT molecular complexity index is 992. The van der Waals surface area contributed by atoms with Crippen molar-refractivity contribution in [3.8, 4) is 0 Å². The third-order valence-electron chi connectivity index (χ3n) is 5.31. The molecule has 1 fully saturated rings. The van der Waals surface area contributed by atoms with Crippen LogP contribution in [0.3, 0.4) is 0 Å². The molecule has 6 heteroatoms. The van der Waals surface area contributed by atoms with Gasteiger partial charge in [-0.15, -0.1) is 0 Å². The van der Waals surface area contributed by atoms with Crippen molar-refractivity contribution in [3.63, 3.8) is 0 Å². The van der Waals surface area contributed by atoms with Gasteiger partial charge in [-0.05, 0) is 66.9 Å². The molecule has 148 valence electrons. The van der Waals surface area contributed by atoms with Gasteiger partial charge < -0.3 is 11.1 Å². The normalized spacial score (nSPS) is 16.7. The maximum Gasteiger partial charge on any atom is 0.248 e. The number of carbonyl (C=O) groups excluding carboxylic acids is 1. The van der Waals surface area contributed by atoms with Crippen LogP contribution in [0.25, 0.3) is 0 Å². The summed E-state index contributed by atoms with van der Waals surface area (Å²) in [7, 11) is 0. The molecule has 0 saturated carbocycles. The molecule has 0 radical (unpaired) electrons. The zero-order chi connectivity index (χ0) is 20.2. The molecule has 1 saturated heterocycles. The largest absolute Gasteiger partial charge is 0.366 e. The molecular formula is C23H23FN4O. The highest BCUT2D eigenvalue weighted by molar-refractivity contribution is 5.93. The highest BCUT2D eigenvalue weighted by atomic mass is 18.2. The third kappa shape index (κ3) is 4.43. The van der Waals surface area contributed by atoms with E-state index in [1.807, 2.05) is 24.4 Å². The Morgan fingerprint density at radius 3 is 2.72 bits per heavy atom. The molecule has 0 bridgehead atoms. The number of benzene rings is 2. The van der Waals surface area contributed by atoms with Gasteiger partial charge in [0.15, 0.2) is 0 Å². The van der Waals surface area contributed by atoms with Crippen molar-refractivity contribution in [2.75, 3.05) is 11.9 Å². The van der Waals surface area contributed by atoms with Crippen molar-refractivity contribution >= 4 is 17.3 Å². The van der Waals surface area contributed by atoms with Crippen molar-refractivity contribution in [1.29, 1.82) is 0 Å². The highest BCUT2D eigenvalue weighted by Gasteiger charge is 2.25. The first kappa shape index (κ1) is 19.1. The van der Waals surface area contributed by atoms with Crippen LogP contribution in [-0.2, 0) is 6.54 Å². The van der Waals surface area contributed by atoms with Crippen LogP contribution >= 0.6 is 0 Å². The fourth-order valence-corrected chi connectivity index (χ4v) is 3.82. The number of nitrogens with two attached hydrogens (primary N) is 1. The SMILES string of the molecule is NC(=O)c1ccc(Nc2ccc(CN3CCCC3c3cccnc3)cc2)c([18F])c1. The number of hydrogen-bond donors (Lipinski definition) is 2. The molecule has 0 spiro atoms. The van der Waals surface area contributed by atoms with Crippen molar-refractivity contribution < 1.29 is 9.18 Å². The minimum Gasteiger partial charge on any atom is -0.366 e. The van der Waals surface area contributed by atoms with Crippen molar-refractivity contribution in [3.05, 3.63) is 89.5 Å². The summed E-state index contributed by atoms with van der Waals surface area (Å²) in [6.07, 6.45) is 6.08. The second kappa shape index (κ2) is 8.41. The quantitative estimate of drug-likeness (QED) is 0.655. The van der Waals surface area contributed by atoms with E-state index >= 15 is 0 Å². The minimum atomic E-state index is -0.647. The van der Waals surface area contributed by atoms with Crippen molar-refractivity contribution in [2.45, 2.75) is 25.4 Å². The Morgan fingerprint density at radius 1 is 1.21 bits per heavy atom. The van der Waals surface area contributed by atoms with Crippen molar-refractivity contribution in [2.24, 2.45) is 5.73 Å². The summed E-state index contributed by atoms with van der Waals surface area (Å²) in [6.45, 7) is 1.93. The van der Waals surface area contributed by atoms with Crippen LogP contribution < -0.4 is 11.1 Å². The molecule has 1 aliphatic rings. The average Bonchev–Trinajstić information content (AvgIpc) is 3.19. The van der Waals surface area contributed by atoms with E-state index in [1.165, 1.54) is 29.7 Å². The number of carbonyl (C=O) groups is 1. The van der Waals surface area contributed by atoms with Crippen LogP contribution in [0.1, 0.15) is 40.4 Å². The second-order valence-electron chi connectivity index (χ2n) is 7.30. The molecule has 29 heavy (non-hydrogen) atoms. The van der Waals surface area contributed by atoms with Crippen molar-refractivity contribution in [1.82, 2.24) is 9.88 Å². The number of rotatable bonds is 6. The predicted molar refractivity (Wildman–Crippen MR) is 111 cm³/mol. The van der Waals surface area contributed by atoms with Gasteiger partial charge in [0, 0.05) is 36.2 Å². The number of halogens is 1. The number of primary amides is 1. The molecular weight excluding hydrogens is 366 g/mol. The van der Waals surface area contributed by atoms with Gasteiger partial charge >= 0.3 is 0 Å². The van der Waals surface area contributed by atoms with Gasteiger partial charge in [-0.25, -0.2) is 4.39 Å². The van der Waals surface area contributed by atoms with Crippen LogP contribution in [-0.4, -0.2) is 22.3 Å². The molecule has 1 aliphatic heterocycles.